The lowest BCUT2D eigenvalue weighted by Crippen LogP contribution is -1.88. The van der Waals surface area contributed by atoms with Gasteiger partial charge in [0.1, 0.15) is 15.5 Å². The first-order valence-electron chi connectivity index (χ1n) is 5.08. The highest BCUT2D eigenvalue weighted by Gasteiger charge is 2.02. The van der Waals surface area contributed by atoms with E-state index in [2.05, 4.69) is 20.7 Å². The number of benzene rings is 1. The van der Waals surface area contributed by atoms with Crippen LogP contribution in [0.1, 0.15) is 5.69 Å². The van der Waals surface area contributed by atoms with E-state index >= 15 is 0 Å². The van der Waals surface area contributed by atoms with Gasteiger partial charge in [0.15, 0.2) is 5.69 Å². The predicted octanol–water partition coefficient (Wildman–Crippen LogP) is 3.67. The lowest BCUT2D eigenvalue weighted by molar-refractivity contribution is 1.10. The summed E-state index contributed by atoms with van der Waals surface area (Å²) in [6.45, 7) is 0. The zero-order chi connectivity index (χ0) is 12.8. The van der Waals surface area contributed by atoms with Gasteiger partial charge in [-0.25, -0.2) is 4.98 Å². The van der Waals surface area contributed by atoms with Gasteiger partial charge >= 0.3 is 0 Å². The van der Waals surface area contributed by atoms with Gasteiger partial charge in [-0.1, -0.05) is 23.4 Å². The number of aromatic nitrogens is 1. The summed E-state index contributed by atoms with van der Waals surface area (Å²) >= 11 is 2.04. The van der Waals surface area contributed by atoms with Crippen molar-refractivity contribution >= 4 is 34.0 Å². The van der Waals surface area contributed by atoms with E-state index in [-0.39, 0.29) is 5.69 Å². The van der Waals surface area contributed by atoms with Gasteiger partial charge < -0.3 is 0 Å². The molecule has 0 spiro atoms. The van der Waals surface area contributed by atoms with E-state index in [4.69, 9.17) is 5.26 Å². The number of nitriles is 1. The van der Waals surface area contributed by atoms with Crippen LogP contribution in [0.2, 0.25) is 0 Å². The van der Waals surface area contributed by atoms with Gasteiger partial charge in [0, 0.05) is 0 Å². The number of rotatable bonds is 3. The van der Waals surface area contributed by atoms with Gasteiger partial charge in [-0.05, 0) is 46.9 Å². The molecule has 0 saturated carbocycles. The molecule has 1 aromatic carbocycles. The van der Waals surface area contributed by atoms with Gasteiger partial charge in [-0.3, -0.25) is 5.43 Å². The van der Waals surface area contributed by atoms with Crippen LogP contribution in [0.25, 0.3) is 0 Å². The van der Waals surface area contributed by atoms with Crippen molar-refractivity contribution < 1.29 is 0 Å². The van der Waals surface area contributed by atoms with Crippen molar-refractivity contribution in [3.63, 3.8) is 0 Å². The number of para-hydroxylation sites is 1. The zero-order valence-electron chi connectivity index (χ0n) is 9.21. The van der Waals surface area contributed by atoms with Crippen molar-refractivity contribution in [1.29, 1.82) is 5.26 Å². The predicted molar refractivity (Wildman–Crippen MR) is 76.2 cm³/mol. The first-order chi connectivity index (χ1) is 8.79. The van der Waals surface area contributed by atoms with Crippen LogP contribution in [-0.4, -0.2) is 4.98 Å². The van der Waals surface area contributed by atoms with Crippen molar-refractivity contribution in [1.82, 2.24) is 4.98 Å². The first-order valence-corrected chi connectivity index (χ1v) is 6.16. The monoisotopic (exact) mass is 349 g/mol. The molecule has 0 aliphatic rings. The van der Waals surface area contributed by atoms with E-state index in [0.29, 0.717) is 5.69 Å². The maximum atomic E-state index is 8.92. The van der Waals surface area contributed by atoms with E-state index in [1.807, 2.05) is 59.0 Å². The van der Waals surface area contributed by atoms with Crippen molar-refractivity contribution in [2.24, 2.45) is 10.3 Å². The van der Waals surface area contributed by atoms with Crippen molar-refractivity contribution in [2.75, 3.05) is 5.43 Å². The topological polar surface area (TPSA) is 73.4 Å². The number of nitrogens with zero attached hydrogens (tertiary/aromatic N) is 4. The Bertz CT molecular complexity index is 604. The third-order valence-electron chi connectivity index (χ3n) is 2.06. The molecule has 1 N–H and O–H groups in total. The van der Waals surface area contributed by atoms with Gasteiger partial charge in [0.05, 0.1) is 5.69 Å². The third-order valence-corrected chi connectivity index (χ3v) is 2.66. The molecule has 0 atom stereocenters. The number of anilines is 1. The summed E-state index contributed by atoms with van der Waals surface area (Å²) < 4.78 is 0.749. The first kappa shape index (κ1) is 12.4. The molecule has 0 bridgehead atoms. The minimum Gasteiger partial charge on any atom is -0.260 e. The molecule has 1 aromatic heterocycles. The minimum atomic E-state index is 0.264. The average Bonchev–Trinajstić information content (AvgIpc) is 2.41. The van der Waals surface area contributed by atoms with E-state index in [9.17, 15) is 0 Å². The summed E-state index contributed by atoms with van der Waals surface area (Å²) in [5, 5.41) is 16.7. The van der Waals surface area contributed by atoms with Crippen molar-refractivity contribution in [2.45, 2.75) is 0 Å². The standard InChI is InChI=1S/C12H8IN5/c13-12-7-6-10(11(8-14)15-12)17-18-16-9-4-2-1-3-5-9/h1-7H,(H,16,17). The molecule has 0 radical (unpaired) electrons. The Hall–Kier alpha value is -2.01. The molecule has 1 heterocycles. The molecule has 6 heteroatoms. The summed E-state index contributed by atoms with van der Waals surface area (Å²) in [5.41, 5.74) is 4.32. The molecular weight excluding hydrogens is 341 g/mol. The Labute approximate surface area is 118 Å². The minimum absolute atomic E-state index is 0.264. The highest BCUT2D eigenvalue weighted by atomic mass is 127. The highest BCUT2D eigenvalue weighted by molar-refractivity contribution is 14.1. The van der Waals surface area contributed by atoms with Crippen LogP contribution in [0.4, 0.5) is 11.4 Å². The smallest absolute Gasteiger partial charge is 0.169 e. The Morgan fingerprint density at radius 2 is 1.94 bits per heavy atom. The van der Waals surface area contributed by atoms with Gasteiger partial charge in [0.2, 0.25) is 0 Å². The molecule has 88 valence electrons. The van der Waals surface area contributed by atoms with E-state index in [0.717, 1.165) is 9.39 Å². The van der Waals surface area contributed by atoms with Crippen molar-refractivity contribution in [3.05, 3.63) is 51.9 Å². The summed E-state index contributed by atoms with van der Waals surface area (Å²) in [7, 11) is 0. The van der Waals surface area contributed by atoms with Crippen LogP contribution in [0, 0.1) is 15.0 Å². The molecule has 0 unspecified atom stereocenters. The number of halogens is 1. The number of hydrogen-bond donors (Lipinski definition) is 1. The lowest BCUT2D eigenvalue weighted by Gasteiger charge is -1.98. The molecule has 0 saturated heterocycles. The second-order valence-corrected chi connectivity index (χ2v) is 4.40. The quantitative estimate of drug-likeness (QED) is 0.398. The Kier molecular flexibility index (Phi) is 4.20. The van der Waals surface area contributed by atoms with Crippen LogP contribution < -0.4 is 5.43 Å². The third kappa shape index (κ3) is 3.24. The summed E-state index contributed by atoms with van der Waals surface area (Å²) in [6.07, 6.45) is 0. The van der Waals surface area contributed by atoms with Gasteiger partial charge in [0.25, 0.3) is 0 Å². The van der Waals surface area contributed by atoms with E-state index in [1.54, 1.807) is 12.1 Å². The molecule has 0 aliphatic heterocycles. The maximum Gasteiger partial charge on any atom is 0.169 e. The van der Waals surface area contributed by atoms with E-state index < -0.39 is 0 Å². The fourth-order valence-corrected chi connectivity index (χ4v) is 1.66. The lowest BCUT2D eigenvalue weighted by atomic mass is 10.3. The second-order valence-electron chi connectivity index (χ2n) is 3.29. The van der Waals surface area contributed by atoms with Gasteiger partial charge in [-0.2, -0.15) is 5.26 Å². The van der Waals surface area contributed by atoms with Crippen LogP contribution in [0.3, 0.4) is 0 Å². The molecular formula is C12H8IN5. The van der Waals surface area contributed by atoms with Crippen LogP contribution in [0.15, 0.2) is 52.8 Å². The molecule has 2 aromatic rings. The summed E-state index contributed by atoms with van der Waals surface area (Å²) in [5.74, 6) is 0. The molecule has 0 amide bonds. The zero-order valence-corrected chi connectivity index (χ0v) is 11.4. The van der Waals surface area contributed by atoms with Crippen molar-refractivity contribution in [3.8, 4) is 6.07 Å². The highest BCUT2D eigenvalue weighted by Crippen LogP contribution is 2.18. The van der Waals surface area contributed by atoms with Crippen LogP contribution in [0.5, 0.6) is 0 Å². The summed E-state index contributed by atoms with van der Waals surface area (Å²) in [6, 6.07) is 14.9. The number of hydrogen-bond acceptors (Lipinski definition) is 4. The van der Waals surface area contributed by atoms with Gasteiger partial charge in [-0.15, -0.1) is 5.11 Å². The fourth-order valence-electron chi connectivity index (χ4n) is 1.24. The fraction of sp³-hybridized carbons (Fsp3) is 0. The normalized spacial score (nSPS) is 10.2. The Balaban J connectivity index is 2.13. The Morgan fingerprint density at radius 3 is 2.67 bits per heavy atom. The molecule has 2 rings (SSSR count). The van der Waals surface area contributed by atoms with Crippen LogP contribution in [-0.2, 0) is 0 Å². The summed E-state index contributed by atoms with van der Waals surface area (Å²) in [4.78, 5) is 4.06. The molecule has 0 fully saturated rings. The largest absolute Gasteiger partial charge is 0.260 e. The molecule has 0 aliphatic carbocycles. The molecule has 18 heavy (non-hydrogen) atoms. The number of nitrogens with one attached hydrogen (secondary N) is 1. The maximum absolute atomic E-state index is 8.92. The molecule has 5 nitrogen and oxygen atoms in total. The number of pyridine rings is 1. The average molecular weight is 349 g/mol. The Morgan fingerprint density at radius 1 is 1.17 bits per heavy atom. The van der Waals surface area contributed by atoms with Crippen LogP contribution >= 0.6 is 22.6 Å². The van der Waals surface area contributed by atoms with E-state index in [1.165, 1.54) is 0 Å². The SMILES string of the molecule is N#Cc1nc(I)ccc1/N=N/Nc1ccccc1. The second kappa shape index (κ2) is 6.07.